The van der Waals surface area contributed by atoms with Gasteiger partial charge in [-0.25, -0.2) is 8.42 Å². The first kappa shape index (κ1) is 18.3. The summed E-state index contributed by atoms with van der Waals surface area (Å²) in [5.74, 6) is -0.0243. The fourth-order valence-corrected chi connectivity index (χ4v) is 7.80. The number of hydrogen-bond acceptors (Lipinski definition) is 5. The van der Waals surface area contributed by atoms with Crippen LogP contribution in [0.25, 0.3) is 0 Å². The Kier molecular flexibility index (Phi) is 4.17. The number of amides is 1. The minimum Gasteiger partial charge on any atom is -0.344 e. The van der Waals surface area contributed by atoms with Crippen LogP contribution in [0, 0.1) is 0 Å². The SMILES string of the molecule is CCc1ccc(S(=O)(=O)N2CC[C@@]34O[C@H](c5ccccc5)CN3C(=O)C[C@@H]24)s1. The lowest BCUT2D eigenvalue weighted by Gasteiger charge is -2.31. The summed E-state index contributed by atoms with van der Waals surface area (Å²) in [7, 11) is -3.64. The van der Waals surface area contributed by atoms with Crippen molar-refractivity contribution in [1.29, 1.82) is 0 Å². The Bertz CT molecular complexity index is 1020. The molecule has 28 heavy (non-hydrogen) atoms. The molecule has 1 spiro atoms. The zero-order valence-corrected chi connectivity index (χ0v) is 17.2. The number of nitrogens with zero attached hydrogens (tertiary/aromatic N) is 2. The van der Waals surface area contributed by atoms with Crippen molar-refractivity contribution in [2.75, 3.05) is 13.1 Å². The summed E-state index contributed by atoms with van der Waals surface area (Å²) in [5, 5.41) is 0. The maximum absolute atomic E-state index is 13.3. The first-order valence-corrected chi connectivity index (χ1v) is 11.8. The first-order chi connectivity index (χ1) is 13.5. The van der Waals surface area contributed by atoms with Gasteiger partial charge in [-0.05, 0) is 24.1 Å². The highest BCUT2D eigenvalue weighted by molar-refractivity contribution is 7.91. The van der Waals surface area contributed by atoms with Gasteiger partial charge in [-0.1, -0.05) is 37.3 Å². The molecule has 3 atom stereocenters. The molecule has 0 aliphatic carbocycles. The van der Waals surface area contributed by atoms with E-state index in [1.807, 2.05) is 43.3 Å². The lowest BCUT2D eigenvalue weighted by Crippen LogP contribution is -2.48. The van der Waals surface area contributed by atoms with E-state index < -0.39 is 21.8 Å². The fourth-order valence-electron chi connectivity index (χ4n) is 4.72. The number of sulfonamides is 1. The standard InChI is InChI=1S/C20H22N2O4S2/c1-2-15-8-9-19(27-15)28(24,25)22-11-10-20-17(22)12-18(23)21(20)13-16(26-20)14-6-4-3-5-7-14/h3-9,16-17H,2,10-13H2,1H3/t16-,17+,20-/m0/s1. The van der Waals surface area contributed by atoms with E-state index >= 15 is 0 Å². The van der Waals surface area contributed by atoms with E-state index in [-0.39, 0.29) is 18.4 Å². The molecule has 1 amide bonds. The molecule has 0 N–H and O–H groups in total. The molecule has 6 nitrogen and oxygen atoms in total. The van der Waals surface area contributed by atoms with Crippen LogP contribution in [0.4, 0.5) is 0 Å². The molecular formula is C20H22N2O4S2. The summed E-state index contributed by atoms with van der Waals surface area (Å²) in [6.45, 7) is 2.86. The number of benzene rings is 1. The zero-order chi connectivity index (χ0) is 19.5. The normalized spacial score (nSPS) is 30.0. The number of rotatable bonds is 4. The van der Waals surface area contributed by atoms with Crippen LogP contribution < -0.4 is 0 Å². The summed E-state index contributed by atoms with van der Waals surface area (Å²) >= 11 is 1.31. The number of ether oxygens (including phenoxy) is 1. The first-order valence-electron chi connectivity index (χ1n) is 9.59. The van der Waals surface area contributed by atoms with Gasteiger partial charge in [0.1, 0.15) is 10.3 Å². The van der Waals surface area contributed by atoms with Crippen LogP contribution in [0.15, 0.2) is 46.7 Å². The van der Waals surface area contributed by atoms with E-state index in [0.29, 0.717) is 23.7 Å². The van der Waals surface area contributed by atoms with E-state index in [1.54, 1.807) is 11.0 Å². The second kappa shape index (κ2) is 6.38. The molecule has 8 heteroatoms. The van der Waals surface area contributed by atoms with Crippen molar-refractivity contribution >= 4 is 27.3 Å². The highest BCUT2D eigenvalue weighted by atomic mass is 32.2. The Hall–Kier alpha value is -1.74. The Balaban J connectivity index is 1.48. The van der Waals surface area contributed by atoms with Crippen LogP contribution in [0.5, 0.6) is 0 Å². The molecule has 1 aromatic carbocycles. The lowest BCUT2D eigenvalue weighted by molar-refractivity contribution is -0.138. The van der Waals surface area contributed by atoms with Gasteiger partial charge in [-0.2, -0.15) is 4.31 Å². The van der Waals surface area contributed by atoms with Crippen LogP contribution >= 0.6 is 11.3 Å². The number of thiophene rings is 1. The summed E-state index contributed by atoms with van der Waals surface area (Å²) in [6.07, 6.45) is 1.29. The number of hydrogen-bond donors (Lipinski definition) is 0. The van der Waals surface area contributed by atoms with Gasteiger partial charge in [0.15, 0.2) is 5.72 Å². The average molecular weight is 419 g/mol. The van der Waals surface area contributed by atoms with Crippen LogP contribution in [0.3, 0.4) is 0 Å². The predicted octanol–water partition coefficient (Wildman–Crippen LogP) is 2.77. The van der Waals surface area contributed by atoms with Crippen LogP contribution in [-0.4, -0.2) is 48.4 Å². The second-order valence-corrected chi connectivity index (χ2v) is 10.8. The van der Waals surface area contributed by atoms with Crippen molar-refractivity contribution in [2.24, 2.45) is 0 Å². The van der Waals surface area contributed by atoms with E-state index in [0.717, 1.165) is 16.9 Å². The fraction of sp³-hybridized carbons (Fsp3) is 0.450. The summed E-state index contributed by atoms with van der Waals surface area (Å²) in [6, 6.07) is 12.9. The van der Waals surface area contributed by atoms with E-state index in [4.69, 9.17) is 4.74 Å². The van der Waals surface area contributed by atoms with Crippen molar-refractivity contribution in [1.82, 2.24) is 9.21 Å². The van der Waals surface area contributed by atoms with Crippen LogP contribution in [0.1, 0.15) is 36.3 Å². The molecule has 0 radical (unpaired) electrons. The maximum atomic E-state index is 13.3. The Labute approximate surface area is 168 Å². The smallest absolute Gasteiger partial charge is 0.252 e. The molecule has 0 saturated carbocycles. The molecule has 0 unspecified atom stereocenters. The van der Waals surface area contributed by atoms with Gasteiger partial charge in [-0.15, -0.1) is 11.3 Å². The number of aryl methyl sites for hydroxylation is 1. The molecule has 5 rings (SSSR count). The van der Waals surface area contributed by atoms with Crippen LogP contribution in [0.2, 0.25) is 0 Å². The summed E-state index contributed by atoms with van der Waals surface area (Å²) in [4.78, 5) is 15.5. The molecule has 1 aromatic heterocycles. The van der Waals surface area contributed by atoms with Gasteiger partial charge < -0.3 is 9.64 Å². The van der Waals surface area contributed by atoms with E-state index in [9.17, 15) is 13.2 Å². The van der Waals surface area contributed by atoms with Gasteiger partial charge in [0.25, 0.3) is 10.0 Å². The third-order valence-corrected chi connectivity index (χ3v) is 9.70. The zero-order valence-electron chi connectivity index (χ0n) is 15.6. The van der Waals surface area contributed by atoms with Crippen molar-refractivity contribution in [3.05, 3.63) is 52.9 Å². The van der Waals surface area contributed by atoms with Gasteiger partial charge in [0.2, 0.25) is 5.91 Å². The minimum absolute atomic E-state index is 0.0243. The average Bonchev–Trinajstić information content (AvgIpc) is 3.44. The van der Waals surface area contributed by atoms with Crippen molar-refractivity contribution < 1.29 is 17.9 Å². The molecule has 3 aliphatic rings. The summed E-state index contributed by atoms with van der Waals surface area (Å²) in [5.41, 5.74) is 0.181. The number of carbonyl (C=O) groups excluding carboxylic acids is 1. The molecule has 148 valence electrons. The van der Waals surface area contributed by atoms with Crippen molar-refractivity contribution in [3.63, 3.8) is 0 Å². The Morgan fingerprint density at radius 2 is 2.00 bits per heavy atom. The van der Waals surface area contributed by atoms with Crippen molar-refractivity contribution in [2.45, 2.75) is 48.3 Å². The highest BCUT2D eigenvalue weighted by Gasteiger charge is 2.66. The monoisotopic (exact) mass is 418 g/mol. The molecule has 4 heterocycles. The van der Waals surface area contributed by atoms with E-state index in [2.05, 4.69) is 0 Å². The summed E-state index contributed by atoms with van der Waals surface area (Å²) < 4.78 is 34.9. The minimum atomic E-state index is -3.64. The van der Waals surface area contributed by atoms with Gasteiger partial charge in [0, 0.05) is 24.3 Å². The molecule has 3 aliphatic heterocycles. The van der Waals surface area contributed by atoms with Crippen LogP contribution in [-0.2, 0) is 26.0 Å². The van der Waals surface area contributed by atoms with Gasteiger partial charge in [0.05, 0.1) is 12.6 Å². The van der Waals surface area contributed by atoms with Gasteiger partial charge >= 0.3 is 0 Å². The van der Waals surface area contributed by atoms with Gasteiger partial charge in [-0.3, -0.25) is 4.79 Å². The quantitative estimate of drug-likeness (QED) is 0.766. The molecule has 3 saturated heterocycles. The second-order valence-electron chi connectivity index (χ2n) is 7.53. The lowest BCUT2D eigenvalue weighted by atomic mass is 10.1. The molecule has 3 fully saturated rings. The van der Waals surface area contributed by atoms with Crippen molar-refractivity contribution in [3.8, 4) is 0 Å². The molecule has 2 aromatic rings. The number of carbonyl (C=O) groups is 1. The Morgan fingerprint density at radius 1 is 1.21 bits per heavy atom. The topological polar surface area (TPSA) is 66.9 Å². The van der Waals surface area contributed by atoms with E-state index in [1.165, 1.54) is 15.6 Å². The third kappa shape index (κ3) is 2.51. The predicted molar refractivity (Wildman–Crippen MR) is 105 cm³/mol. The third-order valence-electron chi connectivity index (χ3n) is 6.10. The maximum Gasteiger partial charge on any atom is 0.252 e. The highest BCUT2D eigenvalue weighted by Crippen LogP contribution is 2.52. The molecular weight excluding hydrogens is 396 g/mol. The molecule has 0 bridgehead atoms. The largest absolute Gasteiger partial charge is 0.344 e. The Morgan fingerprint density at radius 3 is 2.71 bits per heavy atom.